The molecule has 3 amide bonds. The molecule has 0 radical (unpaired) electrons. The number of pyridine rings is 1. The third kappa shape index (κ3) is 7.22. The molecular weight excluding hydrogens is 573 g/mol. The number of piperazine rings is 1. The fourth-order valence-electron chi connectivity index (χ4n) is 4.83. The summed E-state index contributed by atoms with van der Waals surface area (Å²) >= 11 is 1.39. The zero-order valence-electron chi connectivity index (χ0n) is 22.9. The van der Waals surface area contributed by atoms with Gasteiger partial charge in [-0.15, -0.1) is 11.3 Å². The number of amides is 3. The first-order valence-electron chi connectivity index (χ1n) is 13.5. The minimum atomic E-state index is -1.09. The molecule has 2 aromatic heterocycles. The van der Waals surface area contributed by atoms with Crippen LogP contribution in [0.25, 0.3) is 0 Å². The molecular formula is C31H28FN5O5S. The fraction of sp³-hybridized carbons (Fsp3) is 0.194. The van der Waals surface area contributed by atoms with E-state index in [9.17, 15) is 28.7 Å². The Morgan fingerprint density at radius 1 is 0.930 bits per heavy atom. The Morgan fingerprint density at radius 3 is 2.40 bits per heavy atom. The second-order valence-electron chi connectivity index (χ2n) is 9.86. The van der Waals surface area contributed by atoms with E-state index in [4.69, 9.17) is 0 Å². The molecule has 43 heavy (non-hydrogen) atoms. The quantitative estimate of drug-likeness (QED) is 0.258. The first kappa shape index (κ1) is 29.4. The Morgan fingerprint density at radius 2 is 1.72 bits per heavy atom. The summed E-state index contributed by atoms with van der Waals surface area (Å²) in [6.07, 6.45) is 2.69. The lowest BCUT2D eigenvalue weighted by Gasteiger charge is -2.37. The van der Waals surface area contributed by atoms with E-state index in [1.54, 1.807) is 41.4 Å². The van der Waals surface area contributed by atoms with Crippen LogP contribution < -0.4 is 15.5 Å². The molecule has 1 atom stereocenters. The van der Waals surface area contributed by atoms with Crippen molar-refractivity contribution in [2.75, 3.05) is 36.4 Å². The molecule has 220 valence electrons. The number of carbonyl (C=O) groups excluding carboxylic acids is 3. The Kier molecular flexibility index (Phi) is 9.06. The maximum Gasteiger partial charge on any atom is 0.305 e. The van der Waals surface area contributed by atoms with Crippen molar-refractivity contribution in [2.24, 2.45) is 0 Å². The van der Waals surface area contributed by atoms with Crippen LogP contribution in [0, 0.1) is 5.82 Å². The summed E-state index contributed by atoms with van der Waals surface area (Å²) in [4.78, 5) is 59.3. The number of rotatable bonds is 9. The summed E-state index contributed by atoms with van der Waals surface area (Å²) in [6, 6.07) is 16.2. The predicted molar refractivity (Wildman–Crippen MR) is 160 cm³/mol. The van der Waals surface area contributed by atoms with Gasteiger partial charge in [0, 0.05) is 49.7 Å². The molecule has 1 aliphatic rings. The molecule has 1 unspecified atom stereocenters. The van der Waals surface area contributed by atoms with Gasteiger partial charge in [-0.25, -0.2) is 4.39 Å². The number of carbonyl (C=O) groups is 4. The fourth-order valence-corrected chi connectivity index (χ4v) is 5.53. The minimum Gasteiger partial charge on any atom is -0.481 e. The number of carboxylic acid groups (broad SMARTS) is 1. The van der Waals surface area contributed by atoms with Gasteiger partial charge in [0.05, 0.1) is 28.7 Å². The van der Waals surface area contributed by atoms with Gasteiger partial charge in [0.15, 0.2) is 0 Å². The highest BCUT2D eigenvalue weighted by atomic mass is 32.1. The van der Waals surface area contributed by atoms with Crippen LogP contribution in [0.5, 0.6) is 0 Å². The van der Waals surface area contributed by atoms with Crippen molar-refractivity contribution in [3.05, 3.63) is 112 Å². The van der Waals surface area contributed by atoms with Crippen molar-refractivity contribution in [1.29, 1.82) is 0 Å². The number of halogens is 1. The van der Waals surface area contributed by atoms with Crippen molar-refractivity contribution in [3.8, 4) is 0 Å². The third-order valence-electron chi connectivity index (χ3n) is 7.00. The number of benzene rings is 2. The van der Waals surface area contributed by atoms with Crippen LogP contribution in [-0.2, 0) is 4.79 Å². The van der Waals surface area contributed by atoms with Gasteiger partial charge in [-0.1, -0.05) is 18.2 Å². The average Bonchev–Trinajstić information content (AvgIpc) is 3.56. The molecule has 0 bridgehead atoms. The molecule has 10 nitrogen and oxygen atoms in total. The van der Waals surface area contributed by atoms with Crippen molar-refractivity contribution >= 4 is 46.4 Å². The van der Waals surface area contributed by atoms with Gasteiger partial charge in [-0.05, 0) is 59.5 Å². The lowest BCUT2D eigenvalue weighted by Crippen LogP contribution is -2.48. The first-order chi connectivity index (χ1) is 20.8. The summed E-state index contributed by atoms with van der Waals surface area (Å²) in [5.41, 5.74) is 1.76. The van der Waals surface area contributed by atoms with Crippen LogP contribution in [0.15, 0.2) is 84.5 Å². The second-order valence-corrected chi connectivity index (χ2v) is 10.8. The summed E-state index contributed by atoms with van der Waals surface area (Å²) in [6.45, 7) is 1.87. The second kappa shape index (κ2) is 13.3. The van der Waals surface area contributed by atoms with E-state index in [1.807, 2.05) is 16.3 Å². The van der Waals surface area contributed by atoms with E-state index in [-0.39, 0.29) is 23.5 Å². The largest absolute Gasteiger partial charge is 0.481 e. The monoisotopic (exact) mass is 601 g/mol. The Balaban J connectivity index is 1.39. The van der Waals surface area contributed by atoms with E-state index in [1.165, 1.54) is 41.8 Å². The zero-order chi connectivity index (χ0) is 30.3. The predicted octanol–water partition coefficient (Wildman–Crippen LogP) is 4.44. The summed E-state index contributed by atoms with van der Waals surface area (Å²) < 4.78 is 13.8. The Labute approximate surface area is 250 Å². The molecule has 2 aromatic carbocycles. The van der Waals surface area contributed by atoms with Gasteiger partial charge in [-0.2, -0.15) is 0 Å². The minimum absolute atomic E-state index is 0.0363. The number of nitrogens with zero attached hydrogens (tertiary/aromatic N) is 3. The van der Waals surface area contributed by atoms with Crippen molar-refractivity contribution in [1.82, 2.24) is 15.2 Å². The summed E-state index contributed by atoms with van der Waals surface area (Å²) in [5.74, 6) is -2.80. The topological polar surface area (TPSA) is 132 Å². The van der Waals surface area contributed by atoms with Crippen LogP contribution in [0.4, 0.5) is 15.8 Å². The van der Waals surface area contributed by atoms with Crippen LogP contribution in [0.2, 0.25) is 0 Å². The molecule has 0 aliphatic carbocycles. The smallest absolute Gasteiger partial charge is 0.305 e. The highest BCUT2D eigenvalue weighted by Gasteiger charge is 2.26. The zero-order valence-corrected chi connectivity index (χ0v) is 23.7. The average molecular weight is 602 g/mol. The lowest BCUT2D eigenvalue weighted by atomic mass is 10.0. The number of hydrogen-bond donors (Lipinski definition) is 3. The molecule has 12 heteroatoms. The molecule has 4 aromatic rings. The van der Waals surface area contributed by atoms with E-state index < -0.39 is 29.6 Å². The SMILES string of the molecule is O=C(O)CC(NC(=O)c1ccc(N2CCN(C(=O)c3cccs3)CC2)c(NC(=O)c2cccc(F)c2)c1)c1cccnc1. The maximum absolute atomic E-state index is 13.8. The van der Waals surface area contributed by atoms with Gasteiger partial charge < -0.3 is 25.5 Å². The standard InChI is InChI=1S/C31H28FN5O5S/c32-23-6-1-4-20(16-23)29(40)35-25-17-21(30(41)34-24(18-28(38)39)22-5-2-10-33-19-22)8-9-26(25)36-11-13-37(14-12-36)31(42)27-7-3-15-43-27/h1-10,15-17,19,24H,11-14,18H2,(H,34,41)(H,35,40)(H,38,39). The molecule has 0 saturated carbocycles. The lowest BCUT2D eigenvalue weighted by molar-refractivity contribution is -0.137. The number of aliphatic carboxylic acids is 1. The summed E-state index contributed by atoms with van der Waals surface area (Å²) in [5, 5.41) is 16.8. The van der Waals surface area contributed by atoms with E-state index in [2.05, 4.69) is 15.6 Å². The highest BCUT2D eigenvalue weighted by Crippen LogP contribution is 2.30. The number of nitrogens with one attached hydrogen (secondary N) is 2. The number of aromatic nitrogens is 1. The van der Waals surface area contributed by atoms with Crippen LogP contribution in [0.1, 0.15) is 48.4 Å². The van der Waals surface area contributed by atoms with Gasteiger partial charge in [-0.3, -0.25) is 24.2 Å². The Bertz CT molecular complexity index is 1620. The van der Waals surface area contributed by atoms with Crippen molar-refractivity contribution < 1.29 is 28.7 Å². The number of thiophene rings is 1. The normalized spacial score (nSPS) is 13.7. The molecule has 0 spiro atoms. The third-order valence-corrected chi connectivity index (χ3v) is 7.86. The maximum atomic E-state index is 13.8. The molecule has 3 heterocycles. The van der Waals surface area contributed by atoms with Crippen LogP contribution >= 0.6 is 11.3 Å². The van der Waals surface area contributed by atoms with Gasteiger partial charge in [0.25, 0.3) is 17.7 Å². The molecule has 1 aliphatic heterocycles. The molecule has 5 rings (SSSR count). The van der Waals surface area contributed by atoms with Crippen molar-refractivity contribution in [3.63, 3.8) is 0 Å². The first-order valence-corrected chi connectivity index (χ1v) is 14.4. The molecule has 3 N–H and O–H groups in total. The van der Waals surface area contributed by atoms with Crippen LogP contribution in [0.3, 0.4) is 0 Å². The van der Waals surface area contributed by atoms with Gasteiger partial charge >= 0.3 is 5.97 Å². The molecule has 1 fully saturated rings. The van der Waals surface area contributed by atoms with Gasteiger partial charge in [0.1, 0.15) is 5.82 Å². The molecule has 1 saturated heterocycles. The van der Waals surface area contributed by atoms with Crippen LogP contribution in [-0.4, -0.2) is 64.9 Å². The number of carboxylic acids is 1. The van der Waals surface area contributed by atoms with Gasteiger partial charge in [0.2, 0.25) is 0 Å². The highest BCUT2D eigenvalue weighted by molar-refractivity contribution is 7.12. The van der Waals surface area contributed by atoms with Crippen molar-refractivity contribution in [2.45, 2.75) is 12.5 Å². The summed E-state index contributed by atoms with van der Waals surface area (Å²) in [7, 11) is 0. The number of anilines is 2. The van der Waals surface area contributed by atoms with E-state index in [0.717, 1.165) is 6.07 Å². The Hall–Kier alpha value is -5.10. The van der Waals surface area contributed by atoms with E-state index >= 15 is 0 Å². The van der Waals surface area contributed by atoms with E-state index in [0.29, 0.717) is 48.0 Å². The number of hydrogen-bond acceptors (Lipinski definition) is 7.